The standard InChI is InChI=1S/C25H29N3O3S2/c1-4-13-28-22-16-18(2)19(3)17-23(22)32-25(28)26-24(29)20-9-11-21(12-10-20)33(30,31)27-14-7-5-6-8-15-27/h4,9-12,16-17H,1,5-8,13-15H2,2-3H3. The largest absolute Gasteiger partial charge is 0.312 e. The molecule has 0 radical (unpaired) electrons. The summed E-state index contributed by atoms with van der Waals surface area (Å²) in [4.78, 5) is 18.1. The molecule has 0 saturated carbocycles. The van der Waals surface area contributed by atoms with Gasteiger partial charge in [-0.15, -0.1) is 6.58 Å². The Hall–Kier alpha value is -2.55. The van der Waals surface area contributed by atoms with Crippen LogP contribution in [0.2, 0.25) is 0 Å². The van der Waals surface area contributed by atoms with Gasteiger partial charge in [-0.05, 0) is 74.2 Å². The molecule has 0 unspecified atom stereocenters. The van der Waals surface area contributed by atoms with Crippen LogP contribution in [0.15, 0.2) is 58.9 Å². The van der Waals surface area contributed by atoms with Crippen molar-refractivity contribution in [2.75, 3.05) is 13.1 Å². The fraction of sp³-hybridized carbons (Fsp3) is 0.360. The summed E-state index contributed by atoms with van der Waals surface area (Å²) in [6, 6.07) is 10.3. The molecule has 1 aliphatic heterocycles. The summed E-state index contributed by atoms with van der Waals surface area (Å²) >= 11 is 1.46. The zero-order valence-electron chi connectivity index (χ0n) is 19.1. The summed E-state index contributed by atoms with van der Waals surface area (Å²) in [7, 11) is -3.55. The molecule has 1 aromatic heterocycles. The minimum absolute atomic E-state index is 0.218. The Balaban J connectivity index is 1.66. The molecular weight excluding hydrogens is 454 g/mol. The van der Waals surface area contributed by atoms with Crippen molar-refractivity contribution in [2.45, 2.75) is 51.0 Å². The molecule has 1 aliphatic rings. The third kappa shape index (κ3) is 4.88. The number of thiazole rings is 1. The van der Waals surface area contributed by atoms with E-state index >= 15 is 0 Å². The van der Waals surface area contributed by atoms with Crippen molar-refractivity contribution in [2.24, 2.45) is 4.99 Å². The lowest BCUT2D eigenvalue weighted by molar-refractivity contribution is 0.0997. The number of carbonyl (C=O) groups is 1. The van der Waals surface area contributed by atoms with Gasteiger partial charge in [0, 0.05) is 25.2 Å². The zero-order chi connectivity index (χ0) is 23.6. The molecule has 2 heterocycles. The maximum absolute atomic E-state index is 13.0. The first kappa shape index (κ1) is 23.6. The molecule has 174 valence electrons. The van der Waals surface area contributed by atoms with Gasteiger partial charge in [-0.1, -0.05) is 30.3 Å². The van der Waals surface area contributed by atoms with Crippen LogP contribution >= 0.6 is 11.3 Å². The highest BCUT2D eigenvalue weighted by Crippen LogP contribution is 2.23. The number of hydrogen-bond acceptors (Lipinski definition) is 4. The lowest BCUT2D eigenvalue weighted by atomic mass is 10.1. The molecule has 4 rings (SSSR count). The Bertz CT molecular complexity index is 1360. The average molecular weight is 484 g/mol. The van der Waals surface area contributed by atoms with Gasteiger partial charge in [-0.2, -0.15) is 9.30 Å². The van der Waals surface area contributed by atoms with Crippen LogP contribution in [0.4, 0.5) is 0 Å². The fourth-order valence-electron chi connectivity index (χ4n) is 4.06. The lowest BCUT2D eigenvalue weighted by Crippen LogP contribution is -2.31. The van der Waals surface area contributed by atoms with Crippen molar-refractivity contribution in [1.29, 1.82) is 0 Å². The highest BCUT2D eigenvalue weighted by atomic mass is 32.2. The molecule has 2 aromatic carbocycles. The van der Waals surface area contributed by atoms with Crippen LogP contribution in [0, 0.1) is 13.8 Å². The van der Waals surface area contributed by atoms with Gasteiger partial charge >= 0.3 is 0 Å². The van der Waals surface area contributed by atoms with Crippen LogP contribution in [-0.2, 0) is 16.6 Å². The summed E-state index contributed by atoms with van der Waals surface area (Å²) < 4.78 is 30.6. The molecule has 3 aromatic rings. The highest BCUT2D eigenvalue weighted by Gasteiger charge is 2.25. The second-order valence-electron chi connectivity index (χ2n) is 8.45. The quantitative estimate of drug-likeness (QED) is 0.489. The number of allylic oxidation sites excluding steroid dienone is 1. The van der Waals surface area contributed by atoms with Gasteiger partial charge in [0.25, 0.3) is 5.91 Å². The van der Waals surface area contributed by atoms with Crippen LogP contribution < -0.4 is 4.80 Å². The van der Waals surface area contributed by atoms with E-state index < -0.39 is 15.9 Å². The minimum atomic E-state index is -3.55. The van der Waals surface area contributed by atoms with Gasteiger partial charge in [0.15, 0.2) is 4.80 Å². The van der Waals surface area contributed by atoms with E-state index in [4.69, 9.17) is 0 Å². The van der Waals surface area contributed by atoms with Gasteiger partial charge in [-0.25, -0.2) is 8.42 Å². The number of amides is 1. The third-order valence-electron chi connectivity index (χ3n) is 6.11. The molecule has 0 bridgehead atoms. The fourth-order valence-corrected chi connectivity index (χ4v) is 6.70. The van der Waals surface area contributed by atoms with Crippen molar-refractivity contribution < 1.29 is 13.2 Å². The van der Waals surface area contributed by atoms with E-state index in [0.717, 1.165) is 35.9 Å². The Morgan fingerprint density at radius 2 is 1.70 bits per heavy atom. The predicted octanol–water partition coefficient (Wildman–Crippen LogP) is 4.81. The zero-order valence-corrected chi connectivity index (χ0v) is 20.7. The number of aromatic nitrogens is 1. The van der Waals surface area contributed by atoms with Crippen LogP contribution in [0.1, 0.15) is 47.2 Å². The number of sulfonamides is 1. The molecule has 0 atom stereocenters. The van der Waals surface area contributed by atoms with Gasteiger partial charge in [0.2, 0.25) is 10.0 Å². The van der Waals surface area contributed by atoms with Crippen molar-refractivity contribution in [3.05, 3.63) is 70.5 Å². The van der Waals surface area contributed by atoms with E-state index in [-0.39, 0.29) is 4.90 Å². The monoisotopic (exact) mass is 483 g/mol. The molecule has 0 spiro atoms. The van der Waals surface area contributed by atoms with Gasteiger partial charge < -0.3 is 4.57 Å². The molecular formula is C25H29N3O3S2. The Morgan fingerprint density at radius 3 is 2.33 bits per heavy atom. The normalized spacial score (nSPS) is 16.1. The summed E-state index contributed by atoms with van der Waals surface area (Å²) in [5, 5.41) is 0. The number of aryl methyl sites for hydroxylation is 2. The lowest BCUT2D eigenvalue weighted by Gasteiger charge is -2.19. The SMILES string of the molecule is C=CCn1c(=NC(=O)c2ccc(S(=O)(=O)N3CCCCCC3)cc2)sc2cc(C)c(C)cc21. The maximum Gasteiger partial charge on any atom is 0.279 e. The smallest absolute Gasteiger partial charge is 0.279 e. The van der Waals surface area contributed by atoms with Gasteiger partial charge in [0.05, 0.1) is 15.1 Å². The van der Waals surface area contributed by atoms with Gasteiger partial charge in [-0.3, -0.25) is 4.79 Å². The maximum atomic E-state index is 13.0. The Morgan fingerprint density at radius 1 is 1.06 bits per heavy atom. The van der Waals surface area contributed by atoms with E-state index in [9.17, 15) is 13.2 Å². The Kier molecular flexibility index (Phi) is 6.97. The summed E-state index contributed by atoms with van der Waals surface area (Å²) in [5.74, 6) is -0.397. The van der Waals surface area contributed by atoms with Crippen LogP contribution in [0.5, 0.6) is 0 Å². The van der Waals surface area contributed by atoms with E-state index in [1.165, 1.54) is 34.6 Å². The van der Waals surface area contributed by atoms with Crippen LogP contribution in [0.25, 0.3) is 10.2 Å². The topological polar surface area (TPSA) is 71.7 Å². The molecule has 0 N–H and O–H groups in total. The summed E-state index contributed by atoms with van der Waals surface area (Å²) in [6.45, 7) is 9.60. The van der Waals surface area contributed by atoms with Crippen molar-refractivity contribution in [3.63, 3.8) is 0 Å². The van der Waals surface area contributed by atoms with Gasteiger partial charge in [0.1, 0.15) is 0 Å². The predicted molar refractivity (Wildman–Crippen MR) is 133 cm³/mol. The molecule has 1 saturated heterocycles. The van der Waals surface area contributed by atoms with Crippen LogP contribution in [-0.4, -0.2) is 36.3 Å². The summed E-state index contributed by atoms with van der Waals surface area (Å²) in [6.07, 6.45) is 5.67. The molecule has 8 heteroatoms. The third-order valence-corrected chi connectivity index (χ3v) is 9.07. The highest BCUT2D eigenvalue weighted by molar-refractivity contribution is 7.89. The van der Waals surface area contributed by atoms with Crippen molar-refractivity contribution in [3.8, 4) is 0 Å². The number of benzene rings is 2. The van der Waals surface area contributed by atoms with Crippen molar-refractivity contribution >= 4 is 37.5 Å². The number of nitrogens with zero attached hydrogens (tertiary/aromatic N) is 3. The minimum Gasteiger partial charge on any atom is -0.312 e. The molecule has 6 nitrogen and oxygen atoms in total. The molecule has 1 amide bonds. The first-order chi connectivity index (χ1) is 15.8. The first-order valence-electron chi connectivity index (χ1n) is 11.2. The van der Waals surface area contributed by atoms with E-state index in [1.807, 2.05) is 4.57 Å². The number of fused-ring (bicyclic) bond motifs is 1. The molecule has 1 fully saturated rings. The number of carbonyl (C=O) groups excluding carboxylic acids is 1. The van der Waals surface area contributed by atoms with Crippen LogP contribution in [0.3, 0.4) is 0 Å². The number of hydrogen-bond donors (Lipinski definition) is 0. The second kappa shape index (κ2) is 9.75. The first-order valence-corrected chi connectivity index (χ1v) is 13.5. The molecule has 0 aliphatic carbocycles. The van der Waals surface area contributed by atoms with Crippen molar-refractivity contribution in [1.82, 2.24) is 8.87 Å². The average Bonchev–Trinajstić information content (AvgIpc) is 2.98. The second-order valence-corrected chi connectivity index (χ2v) is 11.4. The summed E-state index contributed by atoms with van der Waals surface area (Å²) in [5.41, 5.74) is 3.75. The van der Waals surface area contributed by atoms with E-state index in [1.54, 1.807) is 22.5 Å². The van der Waals surface area contributed by atoms with E-state index in [0.29, 0.717) is 30.0 Å². The van der Waals surface area contributed by atoms with E-state index in [2.05, 4.69) is 37.6 Å². The number of rotatable bonds is 5. The molecule has 33 heavy (non-hydrogen) atoms. The Labute approximate surface area is 199 Å².